The summed E-state index contributed by atoms with van der Waals surface area (Å²) < 4.78 is 0. The van der Waals surface area contributed by atoms with Gasteiger partial charge in [0.2, 0.25) is 0 Å². The first kappa shape index (κ1) is 12.8. The van der Waals surface area contributed by atoms with Gasteiger partial charge in [-0.25, -0.2) is 0 Å². The van der Waals surface area contributed by atoms with E-state index in [2.05, 4.69) is 97.1 Å². The highest BCUT2D eigenvalue weighted by Gasteiger charge is 2.09. The maximum Gasteiger partial charge on any atom is -0.00992 e. The van der Waals surface area contributed by atoms with Crippen LogP contribution in [0.25, 0.3) is 33.4 Å². The van der Waals surface area contributed by atoms with E-state index < -0.39 is 0 Å². The van der Waals surface area contributed by atoms with Crippen molar-refractivity contribution in [3.63, 3.8) is 0 Å². The molecule has 0 aromatic heterocycles. The maximum absolute atomic E-state index is 2.30. The Hall–Kier alpha value is -2.86. The Bertz CT molecular complexity index is 861. The van der Waals surface area contributed by atoms with E-state index in [0.717, 1.165) is 0 Å². The lowest BCUT2D eigenvalue weighted by Gasteiger charge is -2.07. The molecule has 0 fully saturated rings. The van der Waals surface area contributed by atoms with Crippen LogP contribution in [0.3, 0.4) is 0 Å². The minimum Gasteiger partial charge on any atom is -0.0622 e. The molecular weight excluding hydrogens is 264 g/mol. The Morgan fingerprint density at radius 3 is 1.55 bits per heavy atom. The van der Waals surface area contributed by atoms with Gasteiger partial charge < -0.3 is 0 Å². The minimum absolute atomic E-state index is 1.25. The molecule has 0 saturated heterocycles. The smallest absolute Gasteiger partial charge is 0.00992 e. The molecule has 0 amide bonds. The van der Waals surface area contributed by atoms with Gasteiger partial charge in [-0.05, 0) is 39.4 Å². The normalized spacial score (nSPS) is 10.7. The summed E-state index contributed by atoms with van der Waals surface area (Å²) >= 11 is 0. The van der Waals surface area contributed by atoms with Crippen molar-refractivity contribution in [2.45, 2.75) is 0 Å². The van der Waals surface area contributed by atoms with Crippen molar-refractivity contribution in [3.05, 3.63) is 97.1 Å². The fraction of sp³-hybridized carbons (Fsp3) is 0. The third kappa shape index (κ3) is 2.29. The van der Waals surface area contributed by atoms with Crippen LogP contribution in [0.2, 0.25) is 0 Å². The number of fused-ring (bicyclic) bond motifs is 1. The molecule has 0 bridgehead atoms. The summed E-state index contributed by atoms with van der Waals surface area (Å²) in [5, 5.41) is 0. The summed E-state index contributed by atoms with van der Waals surface area (Å²) in [5.41, 5.74) is 7.59. The van der Waals surface area contributed by atoms with Gasteiger partial charge in [-0.3, -0.25) is 0 Å². The molecule has 104 valence electrons. The van der Waals surface area contributed by atoms with E-state index in [0.29, 0.717) is 0 Å². The molecule has 2 aromatic carbocycles. The first-order valence-corrected chi connectivity index (χ1v) is 7.55. The Balaban J connectivity index is 2.04. The van der Waals surface area contributed by atoms with Crippen molar-refractivity contribution in [1.82, 2.24) is 0 Å². The lowest BCUT2D eigenvalue weighted by molar-refractivity contribution is 1.61. The summed E-state index contributed by atoms with van der Waals surface area (Å²) in [7, 11) is 0. The van der Waals surface area contributed by atoms with Gasteiger partial charge in [-0.1, -0.05) is 91.0 Å². The second-order valence-corrected chi connectivity index (χ2v) is 5.47. The Morgan fingerprint density at radius 1 is 0.318 bits per heavy atom. The van der Waals surface area contributed by atoms with E-state index in [-0.39, 0.29) is 0 Å². The van der Waals surface area contributed by atoms with Gasteiger partial charge in [0.15, 0.2) is 0 Å². The van der Waals surface area contributed by atoms with Gasteiger partial charge >= 0.3 is 0 Å². The molecule has 0 unspecified atom stereocenters. The quantitative estimate of drug-likeness (QED) is 0.414. The predicted molar refractivity (Wildman–Crippen MR) is 93.9 cm³/mol. The van der Waals surface area contributed by atoms with Gasteiger partial charge in [-0.2, -0.15) is 0 Å². The lowest BCUT2D eigenvalue weighted by atomic mass is 9.96. The maximum atomic E-state index is 2.30. The van der Waals surface area contributed by atoms with E-state index >= 15 is 0 Å². The van der Waals surface area contributed by atoms with Crippen molar-refractivity contribution >= 4 is 0 Å². The molecule has 2 aliphatic rings. The van der Waals surface area contributed by atoms with E-state index in [4.69, 9.17) is 0 Å². The zero-order valence-electron chi connectivity index (χ0n) is 12.2. The fourth-order valence-electron chi connectivity index (χ4n) is 2.95. The van der Waals surface area contributed by atoms with Crippen LogP contribution in [0.5, 0.6) is 0 Å². The van der Waals surface area contributed by atoms with E-state index in [1.165, 1.54) is 33.4 Å². The molecule has 0 heteroatoms. The molecule has 0 radical (unpaired) electrons. The Morgan fingerprint density at radius 2 is 0.864 bits per heavy atom. The van der Waals surface area contributed by atoms with Crippen LogP contribution in [-0.2, 0) is 0 Å². The average molecular weight is 280 g/mol. The topological polar surface area (TPSA) is 0 Å². The number of benzene rings is 2. The van der Waals surface area contributed by atoms with Gasteiger partial charge in [0, 0.05) is 0 Å². The van der Waals surface area contributed by atoms with Gasteiger partial charge in [-0.15, -0.1) is 0 Å². The highest BCUT2D eigenvalue weighted by molar-refractivity contribution is 5.87. The summed E-state index contributed by atoms with van der Waals surface area (Å²) in [6.07, 6.45) is 0. The highest BCUT2D eigenvalue weighted by atomic mass is 14.1. The van der Waals surface area contributed by atoms with Gasteiger partial charge in [0.1, 0.15) is 0 Å². The van der Waals surface area contributed by atoms with Crippen molar-refractivity contribution in [3.8, 4) is 33.4 Å². The van der Waals surface area contributed by atoms with Crippen LogP contribution in [0.4, 0.5) is 0 Å². The molecule has 2 aliphatic carbocycles. The highest BCUT2D eigenvalue weighted by Crippen LogP contribution is 2.35. The van der Waals surface area contributed by atoms with Crippen LogP contribution in [-0.4, -0.2) is 0 Å². The van der Waals surface area contributed by atoms with Gasteiger partial charge in [0.25, 0.3) is 0 Å². The van der Waals surface area contributed by atoms with E-state index in [9.17, 15) is 0 Å². The zero-order valence-corrected chi connectivity index (χ0v) is 12.2. The van der Waals surface area contributed by atoms with E-state index in [1.54, 1.807) is 0 Å². The molecule has 0 heterocycles. The molecule has 0 aliphatic heterocycles. The second-order valence-electron chi connectivity index (χ2n) is 5.47. The molecular formula is C22H16. The monoisotopic (exact) mass is 280 g/mol. The second kappa shape index (κ2) is 5.50. The largest absolute Gasteiger partial charge is 0.0622 e. The molecule has 2 aromatic rings. The molecule has 0 N–H and O–H groups in total. The Labute approximate surface area is 131 Å². The number of hydrogen-bond donors (Lipinski definition) is 0. The number of hydrogen-bond acceptors (Lipinski definition) is 0. The molecule has 0 spiro atoms. The summed E-state index contributed by atoms with van der Waals surface area (Å²) in [5.74, 6) is 0. The predicted octanol–water partition coefficient (Wildman–Crippen LogP) is 6.13. The number of rotatable bonds is 2. The SMILES string of the molecule is c1ccc(-c2ccc3cccc-3cc2-c2ccccc2)cc1. The fourth-order valence-corrected chi connectivity index (χ4v) is 2.95. The first-order chi connectivity index (χ1) is 10.9. The average Bonchev–Trinajstić information content (AvgIpc) is 2.95. The summed E-state index contributed by atoms with van der Waals surface area (Å²) in [4.78, 5) is 0. The molecule has 0 nitrogen and oxygen atoms in total. The van der Waals surface area contributed by atoms with Crippen LogP contribution < -0.4 is 0 Å². The summed E-state index contributed by atoms with van der Waals surface area (Å²) in [6, 6.07) is 34.4. The lowest BCUT2D eigenvalue weighted by Crippen LogP contribution is -1.81. The first-order valence-electron chi connectivity index (χ1n) is 7.55. The third-order valence-electron chi connectivity index (χ3n) is 4.07. The van der Waals surface area contributed by atoms with Gasteiger partial charge in [0.05, 0.1) is 0 Å². The van der Waals surface area contributed by atoms with Crippen molar-refractivity contribution in [2.24, 2.45) is 0 Å². The molecule has 0 saturated carbocycles. The molecule has 22 heavy (non-hydrogen) atoms. The standard InChI is InChI=1S/C22H16/c1-3-8-18(9-4-1)21-15-14-17-12-7-13-20(17)16-22(21)19-10-5-2-6-11-19/h1-16H. The molecule has 4 rings (SSSR count). The van der Waals surface area contributed by atoms with Crippen LogP contribution in [0, 0.1) is 0 Å². The third-order valence-corrected chi connectivity index (χ3v) is 4.07. The van der Waals surface area contributed by atoms with Crippen LogP contribution in [0.1, 0.15) is 0 Å². The minimum atomic E-state index is 1.25. The molecule has 0 atom stereocenters. The van der Waals surface area contributed by atoms with Crippen LogP contribution in [0.15, 0.2) is 97.1 Å². The van der Waals surface area contributed by atoms with Crippen molar-refractivity contribution in [1.29, 1.82) is 0 Å². The van der Waals surface area contributed by atoms with Crippen molar-refractivity contribution in [2.75, 3.05) is 0 Å². The zero-order chi connectivity index (χ0) is 14.8. The van der Waals surface area contributed by atoms with Crippen LogP contribution >= 0.6 is 0 Å². The van der Waals surface area contributed by atoms with Crippen molar-refractivity contribution < 1.29 is 0 Å². The summed E-state index contributed by atoms with van der Waals surface area (Å²) in [6.45, 7) is 0. The van der Waals surface area contributed by atoms with E-state index in [1.807, 2.05) is 0 Å². The Kier molecular flexibility index (Phi) is 3.21.